The summed E-state index contributed by atoms with van der Waals surface area (Å²) in [5, 5.41) is 0. The second-order valence-electron chi connectivity index (χ2n) is 14.9. The molecule has 3 rings (SSSR count). The van der Waals surface area contributed by atoms with Crippen molar-refractivity contribution >= 4 is 7.82 Å². The second-order valence-corrected chi connectivity index (χ2v) is 16.1. The first kappa shape index (κ1) is 33.4. The van der Waals surface area contributed by atoms with Crippen molar-refractivity contribution in [2.24, 2.45) is 0 Å². The normalized spacial score (nSPS) is 16.7. The Bertz CT molecular complexity index is 1110. The van der Waals surface area contributed by atoms with Crippen LogP contribution in [0.3, 0.4) is 0 Å². The third kappa shape index (κ3) is 7.91. The Morgan fingerprint density at radius 3 is 1.18 bits per heavy atom. The molecule has 1 aliphatic heterocycles. The summed E-state index contributed by atoms with van der Waals surface area (Å²) in [5.74, 6) is 0.872. The van der Waals surface area contributed by atoms with Gasteiger partial charge in [-0.05, 0) is 69.6 Å². The molecule has 0 N–H and O–H groups in total. The van der Waals surface area contributed by atoms with Gasteiger partial charge < -0.3 is 13.9 Å². The van der Waals surface area contributed by atoms with Gasteiger partial charge in [0.2, 0.25) is 0 Å². The van der Waals surface area contributed by atoms with Crippen LogP contribution >= 0.6 is 7.82 Å². The van der Waals surface area contributed by atoms with Crippen LogP contribution in [0.1, 0.15) is 129 Å². The molecule has 2 aromatic carbocycles. The van der Waals surface area contributed by atoms with Gasteiger partial charge in [0.15, 0.2) is 0 Å². The summed E-state index contributed by atoms with van der Waals surface area (Å²) in [6.07, 6.45) is 3.37. The van der Waals surface area contributed by atoms with Crippen LogP contribution in [0.2, 0.25) is 0 Å². The van der Waals surface area contributed by atoms with E-state index in [0.717, 1.165) is 47.9 Å². The van der Waals surface area contributed by atoms with Gasteiger partial charge in [-0.15, -0.1) is 0 Å². The number of benzene rings is 2. The molecule has 0 fully saturated rings. The SMILES string of the molecule is CC(C)(C)c1cc2c(c(C(C)(C)C)c1)OP(=O)([O-])Oc1c(cc(C(C)(C)C)cc1C(C)(C)C)CCCC2.[Na+]. The number of hydrogen-bond acceptors (Lipinski definition) is 4. The van der Waals surface area contributed by atoms with Crippen LogP contribution in [-0.4, -0.2) is 0 Å². The summed E-state index contributed by atoms with van der Waals surface area (Å²) in [4.78, 5) is 13.6. The van der Waals surface area contributed by atoms with Crippen LogP contribution in [-0.2, 0) is 39.1 Å². The van der Waals surface area contributed by atoms with Gasteiger partial charge in [-0.25, -0.2) is 4.57 Å². The fourth-order valence-electron chi connectivity index (χ4n) is 4.82. The average molecular weight is 551 g/mol. The van der Waals surface area contributed by atoms with Gasteiger partial charge in [0.1, 0.15) is 11.5 Å². The van der Waals surface area contributed by atoms with Crippen LogP contribution in [0, 0.1) is 0 Å². The van der Waals surface area contributed by atoms with E-state index in [1.54, 1.807) is 0 Å². The van der Waals surface area contributed by atoms with Crippen molar-refractivity contribution in [2.45, 2.75) is 130 Å². The van der Waals surface area contributed by atoms with Gasteiger partial charge in [-0.2, -0.15) is 0 Å². The van der Waals surface area contributed by atoms with Crippen molar-refractivity contribution in [2.75, 3.05) is 0 Å². The number of aryl methyl sites for hydroxylation is 2. The van der Waals surface area contributed by atoms with E-state index in [1.807, 2.05) is 0 Å². The molecule has 2 aromatic rings. The minimum absolute atomic E-state index is 0. The second kappa shape index (κ2) is 11.2. The monoisotopic (exact) mass is 550 g/mol. The van der Waals surface area contributed by atoms with Crippen molar-refractivity contribution in [1.29, 1.82) is 0 Å². The zero-order valence-corrected chi connectivity index (χ0v) is 29.1. The third-order valence-corrected chi connectivity index (χ3v) is 8.04. The summed E-state index contributed by atoms with van der Waals surface area (Å²) in [6.45, 7) is 25.7. The minimum Gasteiger partial charge on any atom is -0.736 e. The maximum atomic E-state index is 13.6. The Kier molecular flexibility index (Phi) is 9.90. The molecule has 0 radical (unpaired) electrons. The van der Waals surface area contributed by atoms with Gasteiger partial charge >= 0.3 is 37.4 Å². The molecule has 206 valence electrons. The van der Waals surface area contributed by atoms with E-state index in [1.165, 1.54) is 11.1 Å². The van der Waals surface area contributed by atoms with Gasteiger partial charge in [0.25, 0.3) is 0 Å². The van der Waals surface area contributed by atoms with E-state index in [4.69, 9.17) is 9.05 Å². The van der Waals surface area contributed by atoms with Crippen molar-refractivity contribution in [3.8, 4) is 11.5 Å². The van der Waals surface area contributed by atoms with Gasteiger partial charge in [0.05, 0.1) is 0 Å². The van der Waals surface area contributed by atoms with E-state index < -0.39 is 7.82 Å². The molecular formula is C32H48NaO4P. The van der Waals surface area contributed by atoms with Gasteiger partial charge in [0, 0.05) is 11.1 Å². The maximum absolute atomic E-state index is 13.6. The predicted molar refractivity (Wildman–Crippen MR) is 153 cm³/mol. The molecule has 0 bridgehead atoms. The average Bonchev–Trinajstić information content (AvgIpc) is 2.70. The molecule has 1 aliphatic rings. The first-order valence-electron chi connectivity index (χ1n) is 13.7. The van der Waals surface area contributed by atoms with E-state index in [9.17, 15) is 9.46 Å². The quantitative estimate of drug-likeness (QED) is 0.313. The number of hydrogen-bond donors (Lipinski definition) is 0. The molecular weight excluding hydrogens is 502 g/mol. The zero-order chi connectivity index (χ0) is 28.2. The van der Waals surface area contributed by atoms with Crippen molar-refractivity contribution in [3.05, 3.63) is 57.6 Å². The molecule has 0 saturated carbocycles. The maximum Gasteiger partial charge on any atom is 1.00 e. The number of rotatable bonds is 0. The Hall–Kier alpha value is -0.770. The van der Waals surface area contributed by atoms with Crippen LogP contribution in [0.5, 0.6) is 11.5 Å². The largest absolute Gasteiger partial charge is 1.00 e. The fourth-order valence-corrected chi connectivity index (χ4v) is 5.73. The summed E-state index contributed by atoms with van der Waals surface area (Å²) >= 11 is 0. The summed E-state index contributed by atoms with van der Waals surface area (Å²) < 4.78 is 25.5. The first-order chi connectivity index (χ1) is 16.6. The zero-order valence-electron chi connectivity index (χ0n) is 26.2. The molecule has 6 heteroatoms. The minimum atomic E-state index is -4.74. The Morgan fingerprint density at radius 1 is 0.605 bits per heavy atom. The fraction of sp³-hybridized carbons (Fsp3) is 0.625. The molecule has 0 aromatic heterocycles. The Morgan fingerprint density at radius 2 is 0.921 bits per heavy atom. The molecule has 0 saturated heterocycles. The molecule has 0 unspecified atom stereocenters. The smallest absolute Gasteiger partial charge is 0.736 e. The summed E-state index contributed by atoms with van der Waals surface area (Å²) in [5.41, 5.74) is 5.29. The van der Waals surface area contributed by atoms with Crippen LogP contribution in [0.4, 0.5) is 0 Å². The predicted octanol–water partition coefficient (Wildman–Crippen LogP) is 5.69. The Labute approximate surface area is 254 Å². The first-order valence-corrected chi connectivity index (χ1v) is 15.1. The van der Waals surface area contributed by atoms with Crippen molar-refractivity contribution in [3.63, 3.8) is 0 Å². The van der Waals surface area contributed by atoms with E-state index >= 15 is 0 Å². The molecule has 38 heavy (non-hydrogen) atoms. The third-order valence-electron chi connectivity index (χ3n) is 7.23. The summed E-state index contributed by atoms with van der Waals surface area (Å²) in [7, 11) is -4.74. The number of phosphoric acid groups is 1. The Balaban J connectivity index is 0.00000507. The topological polar surface area (TPSA) is 58.6 Å². The van der Waals surface area contributed by atoms with Crippen LogP contribution in [0.25, 0.3) is 0 Å². The van der Waals surface area contributed by atoms with Crippen molar-refractivity contribution < 1.29 is 48.1 Å². The number of phosphoric ester groups is 1. The van der Waals surface area contributed by atoms with Gasteiger partial charge in [-0.1, -0.05) is 107 Å². The summed E-state index contributed by atoms with van der Waals surface area (Å²) in [6, 6.07) is 8.49. The van der Waals surface area contributed by atoms with Crippen LogP contribution < -0.4 is 43.5 Å². The van der Waals surface area contributed by atoms with E-state index in [0.29, 0.717) is 11.5 Å². The molecule has 4 nitrogen and oxygen atoms in total. The number of fused-ring (bicyclic) bond motifs is 2. The molecule has 0 spiro atoms. The van der Waals surface area contributed by atoms with Crippen molar-refractivity contribution in [1.82, 2.24) is 0 Å². The molecule has 0 atom stereocenters. The molecule has 1 heterocycles. The van der Waals surface area contributed by atoms with Crippen LogP contribution in [0.15, 0.2) is 24.3 Å². The molecule has 0 aliphatic carbocycles. The van der Waals surface area contributed by atoms with E-state index in [2.05, 4.69) is 107 Å². The van der Waals surface area contributed by atoms with E-state index in [-0.39, 0.29) is 51.2 Å². The standard InChI is InChI=1S/C32H49O4P.Na/c1-29(2,3)23-17-21-15-13-14-16-22-18-24(30(4,5)6)20-26(32(10,11)12)28(22)36-37(33,34)35-27(21)25(19-23)31(7,8)9;/h17-20H,13-16H2,1-12H3,(H,33,34);/q;+1/p-1. The molecule has 0 amide bonds. The van der Waals surface area contributed by atoms with Gasteiger partial charge in [-0.3, -0.25) is 0 Å².